The first kappa shape index (κ1) is 19.6. The molecule has 0 unspecified atom stereocenters. The molecule has 1 heterocycles. The van der Waals surface area contributed by atoms with Crippen LogP contribution in [0.25, 0.3) is 0 Å². The van der Waals surface area contributed by atoms with Crippen molar-refractivity contribution in [2.75, 3.05) is 19.0 Å². The second kappa shape index (κ2) is 10.3. The second-order valence-corrected chi connectivity index (χ2v) is 7.02. The number of nitrogens with zero attached hydrogens (tertiary/aromatic N) is 3. The van der Waals surface area contributed by atoms with Gasteiger partial charge < -0.3 is 4.90 Å². The van der Waals surface area contributed by atoms with Gasteiger partial charge in [-0.05, 0) is 17.7 Å². The lowest BCUT2D eigenvalue weighted by atomic mass is 10.2. The van der Waals surface area contributed by atoms with Crippen LogP contribution < -0.4 is 4.90 Å². The van der Waals surface area contributed by atoms with Crippen molar-refractivity contribution in [2.24, 2.45) is 0 Å². The fraction of sp³-hybridized carbons (Fsp3) is 0.158. The van der Waals surface area contributed by atoms with E-state index in [9.17, 15) is 0 Å². The van der Waals surface area contributed by atoms with E-state index in [1.54, 1.807) is 0 Å². The highest BCUT2D eigenvalue weighted by molar-refractivity contribution is 7.98. The molecule has 1 aromatic heterocycles. The van der Waals surface area contributed by atoms with Crippen LogP contribution in [0.1, 0.15) is 5.56 Å². The molecule has 0 atom stereocenters. The quantitative estimate of drug-likeness (QED) is 0.317. The number of anilines is 1. The van der Waals surface area contributed by atoms with Crippen LogP contribution in [0.5, 0.6) is 0 Å². The molecule has 0 fully saturated rings. The molecule has 0 saturated carbocycles. The SMILES string of the molecule is CN(C)c1ccccc1.Clc1cc(Cl)nc(SCc2ccccc2)n1. The third kappa shape index (κ3) is 7.34. The van der Waals surface area contributed by atoms with Gasteiger partial charge in [0.05, 0.1) is 0 Å². The smallest absolute Gasteiger partial charge is 0.190 e. The van der Waals surface area contributed by atoms with Crippen molar-refractivity contribution in [1.29, 1.82) is 0 Å². The van der Waals surface area contributed by atoms with Gasteiger partial charge in [0, 0.05) is 31.6 Å². The Hall–Kier alpha value is -1.75. The summed E-state index contributed by atoms with van der Waals surface area (Å²) in [6, 6.07) is 21.9. The minimum Gasteiger partial charge on any atom is -0.378 e. The van der Waals surface area contributed by atoms with Gasteiger partial charge in [-0.3, -0.25) is 0 Å². The molecule has 0 saturated heterocycles. The van der Waals surface area contributed by atoms with Crippen LogP contribution in [0, 0.1) is 0 Å². The van der Waals surface area contributed by atoms with Crippen molar-refractivity contribution in [3.05, 3.63) is 82.6 Å². The van der Waals surface area contributed by atoms with Gasteiger partial charge in [0.25, 0.3) is 0 Å². The predicted molar refractivity (Wildman–Crippen MR) is 109 cm³/mol. The fourth-order valence-corrected chi connectivity index (χ4v) is 3.22. The third-order valence-corrected chi connectivity index (χ3v) is 4.43. The number of para-hydroxylation sites is 1. The molecule has 3 aromatic rings. The average Bonchev–Trinajstić information content (AvgIpc) is 2.61. The Bertz CT molecular complexity index is 748. The summed E-state index contributed by atoms with van der Waals surface area (Å²) >= 11 is 13.1. The van der Waals surface area contributed by atoms with Gasteiger partial charge >= 0.3 is 0 Å². The van der Waals surface area contributed by atoms with Crippen LogP contribution in [-0.2, 0) is 5.75 Å². The highest BCUT2D eigenvalue weighted by Crippen LogP contribution is 2.22. The Balaban J connectivity index is 0.000000212. The van der Waals surface area contributed by atoms with E-state index in [2.05, 4.69) is 39.1 Å². The number of halogens is 2. The average molecular weight is 392 g/mol. The zero-order chi connectivity index (χ0) is 18.1. The Morgan fingerprint density at radius 1 is 0.840 bits per heavy atom. The van der Waals surface area contributed by atoms with E-state index >= 15 is 0 Å². The molecule has 2 aromatic carbocycles. The summed E-state index contributed by atoms with van der Waals surface area (Å²) in [5.74, 6) is 0.803. The van der Waals surface area contributed by atoms with Crippen LogP contribution >= 0.6 is 35.0 Å². The number of hydrogen-bond donors (Lipinski definition) is 0. The molecular formula is C19H19Cl2N3S. The first-order valence-electron chi connectivity index (χ1n) is 7.64. The topological polar surface area (TPSA) is 29.0 Å². The van der Waals surface area contributed by atoms with Crippen molar-refractivity contribution < 1.29 is 0 Å². The lowest BCUT2D eigenvalue weighted by molar-refractivity contribution is 0.967. The molecule has 0 aliphatic rings. The maximum Gasteiger partial charge on any atom is 0.190 e. The summed E-state index contributed by atoms with van der Waals surface area (Å²) < 4.78 is 0. The molecule has 3 rings (SSSR count). The Labute approximate surface area is 163 Å². The van der Waals surface area contributed by atoms with Crippen molar-refractivity contribution >= 4 is 40.7 Å². The van der Waals surface area contributed by atoms with Gasteiger partial charge in [-0.25, -0.2) is 9.97 Å². The third-order valence-electron chi connectivity index (χ3n) is 3.13. The standard InChI is InChI=1S/C11H8Cl2N2S.C8H11N/c12-9-6-10(13)15-11(14-9)16-7-8-4-2-1-3-5-8;1-9(2)8-6-4-3-5-7-8/h1-6H,7H2;3-7H,1-2H3. The summed E-state index contributed by atoms with van der Waals surface area (Å²) in [7, 11) is 4.07. The van der Waals surface area contributed by atoms with E-state index in [0.717, 1.165) is 5.75 Å². The molecule has 0 amide bonds. The van der Waals surface area contributed by atoms with Gasteiger partial charge in [-0.15, -0.1) is 0 Å². The van der Waals surface area contributed by atoms with Gasteiger partial charge in [0.2, 0.25) is 0 Å². The zero-order valence-electron chi connectivity index (χ0n) is 14.1. The predicted octanol–water partition coefficient (Wildman–Crippen LogP) is 5.83. The summed E-state index contributed by atoms with van der Waals surface area (Å²) in [6.45, 7) is 0. The summed E-state index contributed by atoms with van der Waals surface area (Å²) in [5.41, 5.74) is 2.46. The minimum absolute atomic E-state index is 0.371. The molecule has 0 spiro atoms. The number of aromatic nitrogens is 2. The van der Waals surface area contributed by atoms with E-state index in [1.165, 1.54) is 29.1 Å². The lowest BCUT2D eigenvalue weighted by Gasteiger charge is -2.10. The van der Waals surface area contributed by atoms with E-state index < -0.39 is 0 Å². The summed E-state index contributed by atoms with van der Waals surface area (Å²) in [4.78, 5) is 10.2. The van der Waals surface area contributed by atoms with E-state index in [-0.39, 0.29) is 0 Å². The monoisotopic (exact) mass is 391 g/mol. The highest BCUT2D eigenvalue weighted by Gasteiger charge is 2.02. The van der Waals surface area contributed by atoms with Crippen LogP contribution in [0.4, 0.5) is 5.69 Å². The molecular weight excluding hydrogens is 373 g/mol. The minimum atomic E-state index is 0.371. The molecule has 0 aliphatic carbocycles. The molecule has 0 aliphatic heterocycles. The van der Waals surface area contributed by atoms with Crippen molar-refractivity contribution in [1.82, 2.24) is 9.97 Å². The van der Waals surface area contributed by atoms with Gasteiger partial charge in [0.15, 0.2) is 5.16 Å². The number of benzene rings is 2. The molecule has 3 nitrogen and oxygen atoms in total. The number of rotatable bonds is 4. The van der Waals surface area contributed by atoms with E-state index in [1.807, 2.05) is 50.5 Å². The van der Waals surface area contributed by atoms with Crippen molar-refractivity contribution in [3.8, 4) is 0 Å². The van der Waals surface area contributed by atoms with E-state index in [4.69, 9.17) is 23.2 Å². The molecule has 25 heavy (non-hydrogen) atoms. The van der Waals surface area contributed by atoms with Crippen LogP contribution in [0.15, 0.2) is 71.9 Å². The largest absolute Gasteiger partial charge is 0.378 e. The maximum atomic E-state index is 5.78. The van der Waals surface area contributed by atoms with Crippen LogP contribution in [-0.4, -0.2) is 24.1 Å². The molecule has 0 bridgehead atoms. The Kier molecular flexibility index (Phi) is 8.06. The van der Waals surface area contributed by atoms with Crippen molar-refractivity contribution in [2.45, 2.75) is 10.9 Å². The molecule has 0 radical (unpaired) electrons. The first-order valence-corrected chi connectivity index (χ1v) is 9.38. The molecule has 6 heteroatoms. The van der Waals surface area contributed by atoms with Crippen molar-refractivity contribution in [3.63, 3.8) is 0 Å². The lowest BCUT2D eigenvalue weighted by Crippen LogP contribution is -2.07. The fourth-order valence-electron chi connectivity index (χ4n) is 1.88. The zero-order valence-corrected chi connectivity index (χ0v) is 16.4. The number of hydrogen-bond acceptors (Lipinski definition) is 4. The normalized spacial score (nSPS) is 9.92. The van der Waals surface area contributed by atoms with Gasteiger partial charge in [0.1, 0.15) is 10.3 Å². The first-order chi connectivity index (χ1) is 12.0. The Morgan fingerprint density at radius 2 is 1.36 bits per heavy atom. The number of thioether (sulfide) groups is 1. The van der Waals surface area contributed by atoms with E-state index in [0.29, 0.717) is 15.5 Å². The second-order valence-electron chi connectivity index (χ2n) is 5.30. The van der Waals surface area contributed by atoms with Gasteiger partial charge in [-0.2, -0.15) is 0 Å². The summed E-state index contributed by atoms with van der Waals surface area (Å²) in [6.07, 6.45) is 0. The van der Waals surface area contributed by atoms with Gasteiger partial charge in [-0.1, -0.05) is 83.5 Å². The molecule has 130 valence electrons. The molecule has 0 N–H and O–H groups in total. The van der Waals surface area contributed by atoms with Crippen LogP contribution in [0.3, 0.4) is 0 Å². The highest BCUT2D eigenvalue weighted by atomic mass is 35.5. The van der Waals surface area contributed by atoms with Crippen LogP contribution in [0.2, 0.25) is 10.3 Å². The maximum absolute atomic E-state index is 5.78. The summed E-state index contributed by atoms with van der Waals surface area (Å²) in [5, 5.41) is 1.34. The Morgan fingerprint density at radius 3 is 1.84 bits per heavy atom.